The first kappa shape index (κ1) is 27.8. The third kappa shape index (κ3) is 7.65. The Balaban J connectivity index is 1.19. The lowest BCUT2D eigenvalue weighted by atomic mass is 10.2. The minimum atomic E-state index is 0.544. The van der Waals surface area contributed by atoms with Gasteiger partial charge in [0.25, 0.3) is 0 Å². The zero-order valence-electron chi connectivity index (χ0n) is 20.8. The van der Waals surface area contributed by atoms with E-state index in [1.54, 1.807) is 36.7 Å². The smallest absolute Gasteiger partial charge is 0.131 e. The molecule has 0 radical (unpaired) electrons. The van der Waals surface area contributed by atoms with Crippen LogP contribution in [0.3, 0.4) is 0 Å². The zero-order chi connectivity index (χ0) is 27.9. The van der Waals surface area contributed by atoms with E-state index in [-0.39, 0.29) is 0 Å². The highest BCUT2D eigenvalue weighted by molar-refractivity contribution is 6.36. The van der Waals surface area contributed by atoms with Gasteiger partial charge < -0.3 is 9.47 Å². The minimum Gasteiger partial charge on any atom is -0.457 e. The van der Waals surface area contributed by atoms with E-state index >= 15 is 0 Å². The summed E-state index contributed by atoms with van der Waals surface area (Å²) in [4.78, 5) is 8.94. The van der Waals surface area contributed by atoms with E-state index in [1.807, 2.05) is 84.9 Å². The van der Waals surface area contributed by atoms with E-state index in [2.05, 4.69) is 9.98 Å². The fourth-order valence-corrected chi connectivity index (χ4v) is 4.49. The van der Waals surface area contributed by atoms with Gasteiger partial charge in [-0.2, -0.15) is 0 Å². The molecule has 0 atom stereocenters. The Hall–Kier alpha value is -3.80. The lowest BCUT2D eigenvalue weighted by Crippen LogP contribution is -1.87. The van der Waals surface area contributed by atoms with E-state index in [1.165, 1.54) is 0 Å². The van der Waals surface area contributed by atoms with Crippen LogP contribution in [0.25, 0.3) is 0 Å². The fraction of sp³-hybridized carbons (Fsp3) is 0. The molecule has 0 saturated carbocycles. The predicted octanol–water partition coefficient (Wildman–Crippen LogP) is 11.4. The molecule has 0 heterocycles. The van der Waals surface area contributed by atoms with Crippen LogP contribution in [0.2, 0.25) is 20.1 Å². The highest BCUT2D eigenvalue weighted by atomic mass is 35.5. The van der Waals surface area contributed by atoms with Crippen LogP contribution in [0.5, 0.6) is 23.0 Å². The second-order valence-corrected chi connectivity index (χ2v) is 10.2. The summed E-state index contributed by atoms with van der Waals surface area (Å²) < 4.78 is 12.0. The van der Waals surface area contributed by atoms with E-state index in [0.717, 1.165) is 22.5 Å². The number of halogens is 4. The summed E-state index contributed by atoms with van der Waals surface area (Å²) in [6.45, 7) is 0. The van der Waals surface area contributed by atoms with Crippen LogP contribution in [-0.4, -0.2) is 12.4 Å². The number of hydrogen-bond donors (Lipinski definition) is 0. The SMILES string of the molecule is Clc1ccc(C=Nc2ccc(Oc3cccc(Oc4ccc(N=Cc5ccc(Cl)cc5Cl)cc4)c3)cc2)c(Cl)c1. The van der Waals surface area contributed by atoms with Gasteiger partial charge in [0.1, 0.15) is 23.0 Å². The summed E-state index contributed by atoms with van der Waals surface area (Å²) in [6, 6.07) is 32.8. The lowest BCUT2D eigenvalue weighted by molar-refractivity contribution is 0.460. The molecule has 0 N–H and O–H groups in total. The molecule has 40 heavy (non-hydrogen) atoms. The van der Waals surface area contributed by atoms with E-state index in [0.29, 0.717) is 43.1 Å². The van der Waals surface area contributed by atoms with Crippen LogP contribution in [0.4, 0.5) is 11.4 Å². The third-order valence-electron chi connectivity index (χ3n) is 5.58. The van der Waals surface area contributed by atoms with Crippen molar-refractivity contribution in [2.24, 2.45) is 9.98 Å². The van der Waals surface area contributed by atoms with Gasteiger partial charge in [-0.1, -0.05) is 64.6 Å². The molecule has 0 unspecified atom stereocenters. The standard InChI is InChI=1S/C32H20Cl4N2O2/c33-23-6-4-21(31(35)16-23)19-37-25-8-12-27(13-9-25)39-29-2-1-3-30(18-29)40-28-14-10-26(11-15-28)38-20-22-5-7-24(34)17-32(22)36/h1-20H. The molecule has 0 fully saturated rings. The molecule has 8 heteroatoms. The van der Waals surface area contributed by atoms with Gasteiger partial charge in [0, 0.05) is 39.7 Å². The Morgan fingerprint density at radius 1 is 0.450 bits per heavy atom. The first-order valence-electron chi connectivity index (χ1n) is 12.1. The maximum absolute atomic E-state index is 6.21. The van der Waals surface area contributed by atoms with Crippen molar-refractivity contribution in [1.82, 2.24) is 0 Å². The number of hydrogen-bond acceptors (Lipinski definition) is 4. The first-order chi connectivity index (χ1) is 19.4. The summed E-state index contributed by atoms with van der Waals surface area (Å²) in [6.07, 6.45) is 3.40. The zero-order valence-corrected chi connectivity index (χ0v) is 23.8. The van der Waals surface area contributed by atoms with Gasteiger partial charge in [0.15, 0.2) is 0 Å². The van der Waals surface area contributed by atoms with Crippen molar-refractivity contribution in [2.75, 3.05) is 0 Å². The lowest BCUT2D eigenvalue weighted by Gasteiger charge is -2.09. The topological polar surface area (TPSA) is 43.2 Å². The number of rotatable bonds is 8. The summed E-state index contributed by atoms with van der Waals surface area (Å²) in [5.41, 5.74) is 3.10. The van der Waals surface area contributed by atoms with Crippen molar-refractivity contribution in [2.45, 2.75) is 0 Å². The normalized spacial score (nSPS) is 11.3. The van der Waals surface area contributed by atoms with E-state index < -0.39 is 0 Å². The van der Waals surface area contributed by atoms with Crippen LogP contribution in [-0.2, 0) is 0 Å². The van der Waals surface area contributed by atoms with Crippen LogP contribution in [0.1, 0.15) is 11.1 Å². The Kier molecular flexibility index (Phi) is 9.04. The van der Waals surface area contributed by atoms with E-state index in [4.69, 9.17) is 55.9 Å². The van der Waals surface area contributed by atoms with Gasteiger partial charge in [-0.15, -0.1) is 0 Å². The fourth-order valence-electron chi connectivity index (χ4n) is 3.57. The van der Waals surface area contributed by atoms with Gasteiger partial charge in [-0.05, 0) is 84.9 Å². The minimum absolute atomic E-state index is 0.544. The second-order valence-electron chi connectivity index (χ2n) is 8.51. The number of nitrogens with zero attached hydrogens (tertiary/aromatic N) is 2. The predicted molar refractivity (Wildman–Crippen MR) is 167 cm³/mol. The van der Waals surface area contributed by atoms with Gasteiger partial charge >= 0.3 is 0 Å². The molecule has 5 aromatic carbocycles. The Morgan fingerprint density at radius 3 is 1.27 bits per heavy atom. The van der Waals surface area contributed by atoms with Crippen molar-refractivity contribution in [3.8, 4) is 23.0 Å². The maximum atomic E-state index is 6.21. The molecule has 5 rings (SSSR count). The molecule has 5 aromatic rings. The van der Waals surface area contributed by atoms with Crippen molar-refractivity contribution < 1.29 is 9.47 Å². The first-order valence-corrected chi connectivity index (χ1v) is 13.6. The molecule has 0 aliphatic rings. The molecule has 0 bridgehead atoms. The third-order valence-corrected chi connectivity index (χ3v) is 6.71. The van der Waals surface area contributed by atoms with Crippen molar-refractivity contribution in [3.05, 3.63) is 140 Å². The number of benzene rings is 5. The highest BCUT2D eigenvalue weighted by Gasteiger charge is 2.04. The molecule has 0 aromatic heterocycles. The van der Waals surface area contributed by atoms with Crippen LogP contribution in [0.15, 0.2) is 119 Å². The van der Waals surface area contributed by atoms with Gasteiger partial charge in [-0.3, -0.25) is 9.98 Å². The molecular weight excluding hydrogens is 586 g/mol. The van der Waals surface area contributed by atoms with Gasteiger partial charge in [-0.25, -0.2) is 0 Å². The molecule has 0 aliphatic heterocycles. The summed E-state index contributed by atoms with van der Waals surface area (Å²) in [5.74, 6) is 2.62. The van der Waals surface area contributed by atoms with E-state index in [9.17, 15) is 0 Å². The van der Waals surface area contributed by atoms with Crippen LogP contribution < -0.4 is 9.47 Å². The van der Waals surface area contributed by atoms with Crippen LogP contribution in [0, 0.1) is 0 Å². The summed E-state index contributed by atoms with van der Waals surface area (Å²) in [5, 5.41) is 2.25. The Morgan fingerprint density at radius 2 is 0.875 bits per heavy atom. The monoisotopic (exact) mass is 604 g/mol. The summed E-state index contributed by atoms with van der Waals surface area (Å²) >= 11 is 24.3. The van der Waals surface area contributed by atoms with Gasteiger partial charge in [0.2, 0.25) is 0 Å². The highest BCUT2D eigenvalue weighted by Crippen LogP contribution is 2.30. The largest absolute Gasteiger partial charge is 0.457 e. The molecular formula is C32H20Cl4N2O2. The van der Waals surface area contributed by atoms with Crippen LogP contribution >= 0.6 is 46.4 Å². The van der Waals surface area contributed by atoms with Crippen molar-refractivity contribution >= 4 is 70.2 Å². The number of aliphatic imine (C=N–C) groups is 2. The number of ether oxygens (including phenoxy) is 2. The summed E-state index contributed by atoms with van der Waals surface area (Å²) in [7, 11) is 0. The molecule has 0 aliphatic carbocycles. The van der Waals surface area contributed by atoms with Crippen molar-refractivity contribution in [3.63, 3.8) is 0 Å². The molecule has 0 spiro atoms. The molecule has 4 nitrogen and oxygen atoms in total. The average molecular weight is 606 g/mol. The molecule has 0 saturated heterocycles. The molecule has 198 valence electrons. The Labute approximate surface area is 252 Å². The van der Waals surface area contributed by atoms with Gasteiger partial charge in [0.05, 0.1) is 21.4 Å². The average Bonchev–Trinajstić information content (AvgIpc) is 2.94. The molecule has 0 amide bonds. The Bertz CT molecular complexity index is 1560. The van der Waals surface area contributed by atoms with Crippen molar-refractivity contribution in [1.29, 1.82) is 0 Å². The second kappa shape index (κ2) is 13.0. The quantitative estimate of drug-likeness (QED) is 0.165. The maximum Gasteiger partial charge on any atom is 0.131 e.